The van der Waals surface area contributed by atoms with Gasteiger partial charge in [0.15, 0.2) is 0 Å². The van der Waals surface area contributed by atoms with Crippen LogP contribution < -0.4 is 10.1 Å². The molecule has 21 heavy (non-hydrogen) atoms. The van der Waals surface area contributed by atoms with Gasteiger partial charge in [0.05, 0.1) is 7.11 Å². The van der Waals surface area contributed by atoms with Crippen LogP contribution in [0.5, 0.6) is 5.75 Å². The van der Waals surface area contributed by atoms with Gasteiger partial charge in [-0.1, -0.05) is 0 Å². The summed E-state index contributed by atoms with van der Waals surface area (Å²) in [6.45, 7) is 0. The Morgan fingerprint density at radius 3 is 1.81 bits per heavy atom. The summed E-state index contributed by atoms with van der Waals surface area (Å²) >= 11 is 0. The van der Waals surface area contributed by atoms with Crippen molar-refractivity contribution in [2.24, 2.45) is 0 Å². The van der Waals surface area contributed by atoms with Gasteiger partial charge < -0.3 is 15.2 Å². The standard InChI is InChI=1S/C11H9F6NO3/c1-21-7-4-2-6(3-5-7)8(19)18-9(20,10(12,13)14)11(15,16)17/h2-5,20H,1H3,(H,18,19). The number of carbonyl (C=O) groups excluding carboxylic acids is 1. The second-order valence-corrected chi connectivity index (χ2v) is 3.89. The summed E-state index contributed by atoms with van der Waals surface area (Å²) in [6, 6.07) is 4.22. The largest absolute Gasteiger partial charge is 0.497 e. The van der Waals surface area contributed by atoms with Crippen molar-refractivity contribution in [1.82, 2.24) is 5.32 Å². The smallest absolute Gasteiger partial charge is 0.446 e. The van der Waals surface area contributed by atoms with E-state index in [9.17, 15) is 31.1 Å². The Morgan fingerprint density at radius 1 is 1.05 bits per heavy atom. The number of aliphatic hydroxyl groups is 1. The van der Waals surface area contributed by atoms with E-state index in [1.807, 2.05) is 0 Å². The van der Waals surface area contributed by atoms with Gasteiger partial charge in [0, 0.05) is 5.56 Å². The molecule has 0 aliphatic rings. The van der Waals surface area contributed by atoms with Gasteiger partial charge in [-0.05, 0) is 24.3 Å². The topological polar surface area (TPSA) is 58.6 Å². The molecule has 10 heteroatoms. The summed E-state index contributed by atoms with van der Waals surface area (Å²) in [5, 5.41) is 9.36. The average Bonchev–Trinajstić information content (AvgIpc) is 2.36. The van der Waals surface area contributed by atoms with Crippen molar-refractivity contribution in [3.8, 4) is 5.75 Å². The molecule has 1 aromatic rings. The van der Waals surface area contributed by atoms with Gasteiger partial charge in [0.1, 0.15) is 5.75 Å². The Morgan fingerprint density at radius 2 is 1.48 bits per heavy atom. The normalized spacial score (nSPS) is 13.0. The first-order valence-electron chi connectivity index (χ1n) is 5.25. The lowest BCUT2D eigenvalue weighted by molar-refractivity contribution is -0.375. The monoisotopic (exact) mass is 317 g/mol. The summed E-state index contributed by atoms with van der Waals surface area (Å²) in [6.07, 6.45) is -12.3. The van der Waals surface area contributed by atoms with Gasteiger partial charge in [-0.3, -0.25) is 4.79 Å². The van der Waals surface area contributed by atoms with Crippen molar-refractivity contribution in [3.05, 3.63) is 29.8 Å². The number of amides is 1. The third kappa shape index (κ3) is 3.38. The van der Waals surface area contributed by atoms with Gasteiger partial charge in [-0.15, -0.1) is 0 Å². The number of ether oxygens (including phenoxy) is 1. The molecule has 0 heterocycles. The molecule has 1 amide bonds. The minimum absolute atomic E-state index is 0.244. The zero-order valence-electron chi connectivity index (χ0n) is 10.3. The fourth-order valence-electron chi connectivity index (χ4n) is 1.28. The summed E-state index contributed by atoms with van der Waals surface area (Å²) in [5.74, 6) is -1.50. The van der Waals surface area contributed by atoms with Crippen molar-refractivity contribution in [2.75, 3.05) is 7.11 Å². The van der Waals surface area contributed by atoms with Crippen molar-refractivity contribution in [2.45, 2.75) is 18.1 Å². The predicted molar refractivity (Wildman–Crippen MR) is 57.5 cm³/mol. The second-order valence-electron chi connectivity index (χ2n) is 3.89. The van der Waals surface area contributed by atoms with Crippen molar-refractivity contribution in [3.63, 3.8) is 0 Å². The highest BCUT2D eigenvalue weighted by Gasteiger charge is 2.71. The van der Waals surface area contributed by atoms with E-state index in [2.05, 4.69) is 0 Å². The first-order valence-corrected chi connectivity index (χ1v) is 5.25. The molecule has 1 aromatic carbocycles. The molecule has 0 aromatic heterocycles. The first kappa shape index (κ1) is 17.1. The van der Waals surface area contributed by atoms with E-state index < -0.39 is 29.5 Å². The Labute approximate surface area is 114 Å². The molecule has 118 valence electrons. The van der Waals surface area contributed by atoms with Crippen LogP contribution in [0.2, 0.25) is 0 Å². The van der Waals surface area contributed by atoms with Gasteiger partial charge in [-0.2, -0.15) is 26.3 Å². The molecule has 0 radical (unpaired) electrons. The highest BCUT2D eigenvalue weighted by molar-refractivity contribution is 5.94. The minimum Gasteiger partial charge on any atom is -0.497 e. The maximum Gasteiger partial charge on any atom is 0.446 e. The van der Waals surface area contributed by atoms with Crippen LogP contribution >= 0.6 is 0 Å². The summed E-state index contributed by atoms with van der Waals surface area (Å²) in [5.41, 5.74) is -5.85. The lowest BCUT2D eigenvalue weighted by Gasteiger charge is -2.32. The van der Waals surface area contributed by atoms with Crippen LogP contribution in [0.4, 0.5) is 26.3 Å². The van der Waals surface area contributed by atoms with Crippen molar-refractivity contribution >= 4 is 5.91 Å². The third-order valence-corrected chi connectivity index (χ3v) is 2.47. The van der Waals surface area contributed by atoms with E-state index in [0.717, 1.165) is 24.3 Å². The number of halogens is 6. The number of carbonyl (C=O) groups is 1. The molecule has 0 saturated heterocycles. The first-order chi connectivity index (χ1) is 9.42. The molecule has 0 saturated carbocycles. The van der Waals surface area contributed by atoms with E-state index in [0.29, 0.717) is 5.32 Å². The maximum absolute atomic E-state index is 12.4. The minimum atomic E-state index is -6.13. The summed E-state index contributed by atoms with van der Waals surface area (Å²) in [7, 11) is 1.28. The SMILES string of the molecule is COc1ccc(C(=O)NC(O)(C(F)(F)F)C(F)(F)F)cc1. The molecule has 1 rings (SSSR count). The lowest BCUT2D eigenvalue weighted by atomic mass is 10.1. The number of methoxy groups -OCH3 is 1. The molecular formula is C11H9F6NO3. The van der Waals surface area contributed by atoms with E-state index in [-0.39, 0.29) is 5.75 Å². The Kier molecular flexibility index (Phi) is 4.42. The number of alkyl halides is 6. The fraction of sp³-hybridized carbons (Fsp3) is 0.364. The molecule has 0 bridgehead atoms. The van der Waals surface area contributed by atoms with Gasteiger partial charge in [0.2, 0.25) is 0 Å². The van der Waals surface area contributed by atoms with E-state index in [4.69, 9.17) is 9.84 Å². The molecule has 2 N–H and O–H groups in total. The number of hydrogen-bond acceptors (Lipinski definition) is 3. The molecule has 0 fully saturated rings. The number of benzene rings is 1. The number of nitrogens with one attached hydrogen (secondary N) is 1. The van der Waals surface area contributed by atoms with Crippen LogP contribution in [0.3, 0.4) is 0 Å². The lowest BCUT2D eigenvalue weighted by Crippen LogP contribution is -2.67. The van der Waals surface area contributed by atoms with Crippen molar-refractivity contribution < 1.29 is 41.0 Å². The second kappa shape index (κ2) is 5.43. The zero-order valence-corrected chi connectivity index (χ0v) is 10.3. The van der Waals surface area contributed by atoms with E-state index in [1.165, 1.54) is 7.11 Å². The highest BCUT2D eigenvalue weighted by Crippen LogP contribution is 2.41. The molecule has 0 unspecified atom stereocenters. The van der Waals surface area contributed by atoms with Gasteiger partial charge in [-0.25, -0.2) is 0 Å². The summed E-state index contributed by atoms with van der Waals surface area (Å²) < 4.78 is 79.1. The van der Waals surface area contributed by atoms with Crippen LogP contribution in [0.15, 0.2) is 24.3 Å². The zero-order chi connectivity index (χ0) is 16.5. The van der Waals surface area contributed by atoms with Crippen LogP contribution in [-0.2, 0) is 0 Å². The predicted octanol–water partition coefficient (Wildman–Crippen LogP) is 2.24. The van der Waals surface area contributed by atoms with Gasteiger partial charge in [0.25, 0.3) is 5.91 Å². The van der Waals surface area contributed by atoms with E-state index >= 15 is 0 Å². The average molecular weight is 317 g/mol. The maximum atomic E-state index is 12.4. The molecule has 0 spiro atoms. The molecule has 0 atom stereocenters. The van der Waals surface area contributed by atoms with Crippen LogP contribution in [0.25, 0.3) is 0 Å². The molecule has 0 aliphatic heterocycles. The number of hydrogen-bond donors (Lipinski definition) is 2. The number of rotatable bonds is 3. The van der Waals surface area contributed by atoms with E-state index in [1.54, 1.807) is 0 Å². The van der Waals surface area contributed by atoms with Crippen LogP contribution in [0.1, 0.15) is 10.4 Å². The summed E-state index contributed by atoms with van der Waals surface area (Å²) in [4.78, 5) is 11.4. The molecule has 0 aliphatic carbocycles. The third-order valence-electron chi connectivity index (χ3n) is 2.47. The molecular weight excluding hydrogens is 308 g/mol. The van der Waals surface area contributed by atoms with Crippen molar-refractivity contribution in [1.29, 1.82) is 0 Å². The molecule has 4 nitrogen and oxygen atoms in total. The van der Waals surface area contributed by atoms with Crippen LogP contribution in [0, 0.1) is 0 Å². The Bertz CT molecular complexity index is 494. The Balaban J connectivity index is 3.07. The highest BCUT2D eigenvalue weighted by atomic mass is 19.4. The fourth-order valence-corrected chi connectivity index (χ4v) is 1.28. The van der Waals surface area contributed by atoms with Gasteiger partial charge >= 0.3 is 18.1 Å². The quantitative estimate of drug-likeness (QED) is 0.664. The van der Waals surface area contributed by atoms with Crippen LogP contribution in [-0.4, -0.2) is 36.2 Å². The Hall–Kier alpha value is -1.97.